The Bertz CT molecular complexity index is 348. The summed E-state index contributed by atoms with van der Waals surface area (Å²) in [5, 5.41) is 7.86. The third-order valence-electron chi connectivity index (χ3n) is 3.47. The Morgan fingerprint density at radius 3 is 2.62 bits per heavy atom. The van der Waals surface area contributed by atoms with Gasteiger partial charge in [-0.2, -0.15) is 5.10 Å². The third-order valence-corrected chi connectivity index (χ3v) is 3.47. The summed E-state index contributed by atoms with van der Waals surface area (Å²) in [6.45, 7) is 7.81. The minimum absolute atomic E-state index is 0.231. The van der Waals surface area contributed by atoms with Crippen molar-refractivity contribution >= 4 is 0 Å². The highest BCUT2D eigenvalue weighted by Gasteiger charge is 2.33. The average Bonchev–Trinajstić information content (AvgIpc) is 2.47. The van der Waals surface area contributed by atoms with Crippen LogP contribution in [0.15, 0.2) is 12.4 Å². The first-order chi connectivity index (χ1) is 7.46. The largest absolute Gasteiger partial charge is 0.312 e. The van der Waals surface area contributed by atoms with Crippen LogP contribution in [0.5, 0.6) is 0 Å². The Balaban J connectivity index is 1.89. The molecule has 1 saturated carbocycles. The second-order valence-corrected chi connectivity index (χ2v) is 6.02. The molecule has 1 aliphatic rings. The smallest absolute Gasteiger partial charge is 0.0524 e. The van der Waals surface area contributed by atoms with Gasteiger partial charge < -0.3 is 5.32 Å². The molecule has 0 radical (unpaired) electrons. The summed E-state index contributed by atoms with van der Waals surface area (Å²) in [4.78, 5) is 0. The van der Waals surface area contributed by atoms with E-state index in [0.29, 0.717) is 0 Å². The molecule has 0 spiro atoms. The summed E-state index contributed by atoms with van der Waals surface area (Å²) in [6.07, 6.45) is 6.85. The lowest BCUT2D eigenvalue weighted by molar-refractivity contribution is 0.225. The summed E-state index contributed by atoms with van der Waals surface area (Å²) in [5.74, 6) is 1.52. The van der Waals surface area contributed by atoms with Crippen LogP contribution < -0.4 is 5.32 Å². The lowest BCUT2D eigenvalue weighted by Gasteiger charge is -2.38. The van der Waals surface area contributed by atoms with Gasteiger partial charge in [0.25, 0.3) is 0 Å². The van der Waals surface area contributed by atoms with Gasteiger partial charge in [0, 0.05) is 18.8 Å². The van der Waals surface area contributed by atoms with E-state index in [0.717, 1.165) is 18.4 Å². The Hall–Kier alpha value is -0.830. The highest BCUT2D eigenvalue weighted by Crippen LogP contribution is 2.41. The van der Waals surface area contributed by atoms with Crippen LogP contribution in [0, 0.1) is 5.92 Å². The molecule has 0 saturated heterocycles. The quantitative estimate of drug-likeness (QED) is 0.849. The maximum atomic E-state index is 4.26. The Kier molecular flexibility index (Phi) is 3.06. The van der Waals surface area contributed by atoms with Gasteiger partial charge >= 0.3 is 0 Å². The summed E-state index contributed by atoms with van der Waals surface area (Å²) in [5.41, 5.74) is 1.64. The second-order valence-electron chi connectivity index (χ2n) is 6.02. The van der Waals surface area contributed by atoms with Crippen molar-refractivity contribution in [2.45, 2.75) is 45.1 Å². The molecule has 0 aliphatic heterocycles. The van der Waals surface area contributed by atoms with Gasteiger partial charge in [-0.3, -0.25) is 4.68 Å². The molecule has 1 aromatic rings. The van der Waals surface area contributed by atoms with Crippen LogP contribution in [0.25, 0.3) is 0 Å². The van der Waals surface area contributed by atoms with Gasteiger partial charge in [0.15, 0.2) is 0 Å². The minimum Gasteiger partial charge on any atom is -0.312 e. The molecule has 90 valence electrons. The first-order valence-electron chi connectivity index (χ1n) is 6.19. The zero-order valence-electron chi connectivity index (χ0n) is 10.8. The maximum absolute atomic E-state index is 4.26. The average molecular weight is 221 g/mol. The van der Waals surface area contributed by atoms with Crippen LogP contribution in [0.1, 0.15) is 45.1 Å². The maximum Gasteiger partial charge on any atom is 0.0524 e. The fraction of sp³-hybridized carbons (Fsp3) is 0.769. The van der Waals surface area contributed by atoms with Crippen molar-refractivity contribution in [3.05, 3.63) is 18.0 Å². The normalized spacial score (nSPS) is 25.5. The van der Waals surface area contributed by atoms with Gasteiger partial charge in [0.1, 0.15) is 0 Å². The molecule has 2 rings (SSSR count). The number of aromatic nitrogens is 2. The molecule has 2 atom stereocenters. The van der Waals surface area contributed by atoms with Crippen molar-refractivity contribution in [2.75, 3.05) is 6.54 Å². The van der Waals surface area contributed by atoms with Crippen molar-refractivity contribution < 1.29 is 0 Å². The molecule has 0 amide bonds. The van der Waals surface area contributed by atoms with E-state index < -0.39 is 0 Å². The SMILES string of the molecule is Cn1cc(C2CCC2CNC(C)(C)C)cn1. The fourth-order valence-electron chi connectivity index (χ4n) is 2.32. The molecular weight excluding hydrogens is 198 g/mol. The lowest BCUT2D eigenvalue weighted by atomic mass is 9.70. The molecule has 0 aromatic carbocycles. The van der Waals surface area contributed by atoms with E-state index in [4.69, 9.17) is 0 Å². The first-order valence-corrected chi connectivity index (χ1v) is 6.19. The van der Waals surface area contributed by atoms with Gasteiger partial charge in [-0.25, -0.2) is 0 Å². The number of nitrogens with one attached hydrogen (secondary N) is 1. The van der Waals surface area contributed by atoms with Crippen LogP contribution in [0.4, 0.5) is 0 Å². The molecule has 0 bridgehead atoms. The molecule has 1 aliphatic carbocycles. The van der Waals surface area contributed by atoms with Crippen molar-refractivity contribution in [3.8, 4) is 0 Å². The van der Waals surface area contributed by atoms with Gasteiger partial charge in [0.2, 0.25) is 0 Å². The van der Waals surface area contributed by atoms with Crippen molar-refractivity contribution in [2.24, 2.45) is 13.0 Å². The molecule has 3 heteroatoms. The number of hydrogen-bond acceptors (Lipinski definition) is 2. The summed E-state index contributed by atoms with van der Waals surface area (Å²) >= 11 is 0. The van der Waals surface area contributed by atoms with E-state index in [1.807, 2.05) is 17.9 Å². The van der Waals surface area contributed by atoms with Gasteiger partial charge in [-0.05, 0) is 57.6 Å². The predicted octanol–water partition coefficient (Wildman–Crippen LogP) is 2.30. The number of hydrogen-bond donors (Lipinski definition) is 1. The van der Waals surface area contributed by atoms with Crippen LogP contribution >= 0.6 is 0 Å². The van der Waals surface area contributed by atoms with Crippen LogP contribution in [-0.4, -0.2) is 21.9 Å². The molecule has 2 unspecified atom stereocenters. The van der Waals surface area contributed by atoms with Crippen LogP contribution in [0.2, 0.25) is 0 Å². The van der Waals surface area contributed by atoms with E-state index in [1.54, 1.807) is 0 Å². The monoisotopic (exact) mass is 221 g/mol. The Morgan fingerprint density at radius 2 is 2.19 bits per heavy atom. The van der Waals surface area contributed by atoms with Crippen molar-refractivity contribution in [1.82, 2.24) is 15.1 Å². The highest BCUT2D eigenvalue weighted by molar-refractivity contribution is 5.16. The van der Waals surface area contributed by atoms with Crippen molar-refractivity contribution in [1.29, 1.82) is 0 Å². The van der Waals surface area contributed by atoms with E-state index >= 15 is 0 Å². The molecule has 1 N–H and O–H groups in total. The highest BCUT2D eigenvalue weighted by atomic mass is 15.2. The van der Waals surface area contributed by atoms with E-state index in [9.17, 15) is 0 Å². The fourth-order valence-corrected chi connectivity index (χ4v) is 2.32. The molecule has 16 heavy (non-hydrogen) atoms. The van der Waals surface area contributed by atoms with Gasteiger partial charge in [-0.15, -0.1) is 0 Å². The Labute approximate surface area is 98.2 Å². The molecule has 3 nitrogen and oxygen atoms in total. The second kappa shape index (κ2) is 4.21. The zero-order valence-corrected chi connectivity index (χ0v) is 10.8. The van der Waals surface area contributed by atoms with E-state index in [2.05, 4.69) is 37.4 Å². The summed E-state index contributed by atoms with van der Waals surface area (Å²) in [7, 11) is 1.99. The summed E-state index contributed by atoms with van der Waals surface area (Å²) in [6, 6.07) is 0. The number of rotatable bonds is 3. The molecule has 1 aromatic heterocycles. The van der Waals surface area contributed by atoms with Crippen molar-refractivity contribution in [3.63, 3.8) is 0 Å². The minimum atomic E-state index is 0.231. The lowest BCUT2D eigenvalue weighted by Crippen LogP contribution is -2.42. The molecule has 1 fully saturated rings. The van der Waals surface area contributed by atoms with E-state index in [-0.39, 0.29) is 5.54 Å². The molecule has 1 heterocycles. The Morgan fingerprint density at radius 1 is 1.44 bits per heavy atom. The third kappa shape index (κ3) is 2.64. The van der Waals surface area contributed by atoms with Gasteiger partial charge in [0.05, 0.1) is 6.20 Å². The first kappa shape index (κ1) is 11.6. The zero-order chi connectivity index (χ0) is 11.8. The van der Waals surface area contributed by atoms with Crippen LogP contribution in [0.3, 0.4) is 0 Å². The van der Waals surface area contributed by atoms with Crippen LogP contribution in [-0.2, 0) is 7.05 Å². The van der Waals surface area contributed by atoms with Gasteiger partial charge in [-0.1, -0.05) is 0 Å². The topological polar surface area (TPSA) is 29.9 Å². The summed E-state index contributed by atoms with van der Waals surface area (Å²) < 4.78 is 1.90. The number of nitrogens with zero attached hydrogens (tertiary/aromatic N) is 2. The molecular formula is C13H23N3. The number of aryl methyl sites for hydroxylation is 1. The predicted molar refractivity (Wildman–Crippen MR) is 66.4 cm³/mol. The standard InChI is InChI=1S/C13H23N3/c1-13(2,3)14-7-10-5-6-12(10)11-8-15-16(4)9-11/h8-10,12,14H,5-7H2,1-4H3. The van der Waals surface area contributed by atoms with E-state index in [1.165, 1.54) is 18.4 Å².